The highest BCUT2D eigenvalue weighted by Crippen LogP contribution is 2.21. The lowest BCUT2D eigenvalue weighted by Crippen LogP contribution is -2.54. The van der Waals surface area contributed by atoms with E-state index in [0.29, 0.717) is 6.04 Å². The summed E-state index contributed by atoms with van der Waals surface area (Å²) in [5, 5.41) is 3.40. The third-order valence-corrected chi connectivity index (χ3v) is 2.60. The van der Waals surface area contributed by atoms with Crippen LogP contribution >= 0.6 is 0 Å². The van der Waals surface area contributed by atoms with Gasteiger partial charge in [0.25, 0.3) is 0 Å². The van der Waals surface area contributed by atoms with E-state index >= 15 is 0 Å². The minimum atomic E-state index is 0.0677. The molecule has 2 heteroatoms. The van der Waals surface area contributed by atoms with Crippen molar-refractivity contribution in [1.82, 2.24) is 5.32 Å². The molecule has 1 saturated heterocycles. The summed E-state index contributed by atoms with van der Waals surface area (Å²) in [6.45, 7) is 8.38. The van der Waals surface area contributed by atoms with E-state index in [2.05, 4.69) is 26.1 Å². The van der Waals surface area contributed by atoms with E-state index in [4.69, 9.17) is 4.74 Å². The quantitative estimate of drug-likeness (QED) is 0.595. The molecule has 2 nitrogen and oxygen atoms in total. The monoisotopic (exact) mass is 143 g/mol. The smallest absolute Gasteiger partial charge is 0.0802 e. The molecule has 0 aromatic rings. The number of ether oxygens (including phenoxy) is 1. The maximum atomic E-state index is 5.66. The summed E-state index contributed by atoms with van der Waals surface area (Å²) >= 11 is 0. The zero-order valence-corrected chi connectivity index (χ0v) is 7.11. The molecule has 0 aromatic heterocycles. The van der Waals surface area contributed by atoms with Crippen molar-refractivity contribution < 1.29 is 4.74 Å². The van der Waals surface area contributed by atoms with Crippen LogP contribution in [0.5, 0.6) is 0 Å². The number of rotatable bonds is 1. The number of hydrogen-bond acceptors (Lipinski definition) is 2. The first-order valence-electron chi connectivity index (χ1n) is 4.06. The fraction of sp³-hybridized carbons (Fsp3) is 1.00. The Balaban J connectivity index is 2.54. The Morgan fingerprint density at radius 2 is 2.40 bits per heavy atom. The first-order valence-corrected chi connectivity index (χ1v) is 4.06. The van der Waals surface area contributed by atoms with Crippen molar-refractivity contribution in [2.24, 2.45) is 0 Å². The van der Waals surface area contributed by atoms with Crippen LogP contribution in [-0.2, 0) is 4.74 Å². The minimum absolute atomic E-state index is 0.0677. The van der Waals surface area contributed by atoms with Crippen molar-refractivity contribution in [2.45, 2.75) is 38.8 Å². The lowest BCUT2D eigenvalue weighted by molar-refractivity contribution is -0.0814. The molecule has 0 saturated carbocycles. The summed E-state index contributed by atoms with van der Waals surface area (Å²) in [7, 11) is 0. The van der Waals surface area contributed by atoms with Gasteiger partial charge in [-0.15, -0.1) is 0 Å². The van der Waals surface area contributed by atoms with Gasteiger partial charge >= 0.3 is 0 Å². The van der Waals surface area contributed by atoms with E-state index in [-0.39, 0.29) is 5.60 Å². The van der Waals surface area contributed by atoms with Crippen molar-refractivity contribution in [3.05, 3.63) is 0 Å². The fourth-order valence-electron chi connectivity index (χ4n) is 1.31. The van der Waals surface area contributed by atoms with Gasteiger partial charge in [0.05, 0.1) is 12.2 Å². The molecule has 2 unspecified atom stereocenters. The van der Waals surface area contributed by atoms with Gasteiger partial charge in [-0.2, -0.15) is 0 Å². The van der Waals surface area contributed by atoms with Gasteiger partial charge in [-0.25, -0.2) is 0 Å². The second-order valence-corrected chi connectivity index (χ2v) is 3.19. The van der Waals surface area contributed by atoms with Gasteiger partial charge < -0.3 is 10.1 Å². The van der Waals surface area contributed by atoms with E-state index < -0.39 is 0 Å². The largest absolute Gasteiger partial charge is 0.372 e. The van der Waals surface area contributed by atoms with Gasteiger partial charge in [0.2, 0.25) is 0 Å². The van der Waals surface area contributed by atoms with Crippen LogP contribution in [-0.4, -0.2) is 24.8 Å². The molecule has 1 rings (SSSR count). The Bertz CT molecular complexity index is 116. The van der Waals surface area contributed by atoms with Crippen LogP contribution in [0.3, 0.4) is 0 Å². The normalized spacial score (nSPS) is 41.7. The van der Waals surface area contributed by atoms with Crippen LogP contribution < -0.4 is 5.32 Å². The van der Waals surface area contributed by atoms with E-state index in [9.17, 15) is 0 Å². The molecule has 0 aliphatic carbocycles. The Hall–Kier alpha value is -0.0800. The third-order valence-electron chi connectivity index (χ3n) is 2.60. The molecule has 1 fully saturated rings. The van der Waals surface area contributed by atoms with Crippen LogP contribution in [0.2, 0.25) is 0 Å². The summed E-state index contributed by atoms with van der Waals surface area (Å²) in [6.07, 6.45) is 1.08. The molecule has 2 atom stereocenters. The molecular formula is C8H17NO. The fourth-order valence-corrected chi connectivity index (χ4v) is 1.31. The average Bonchev–Trinajstić information content (AvgIpc) is 1.96. The Morgan fingerprint density at radius 3 is 2.80 bits per heavy atom. The summed E-state index contributed by atoms with van der Waals surface area (Å²) in [6, 6.07) is 0.492. The predicted octanol–water partition coefficient (Wildman–Crippen LogP) is 1.16. The second-order valence-electron chi connectivity index (χ2n) is 3.19. The minimum Gasteiger partial charge on any atom is -0.372 e. The standard InChI is InChI=1S/C8H17NO/c1-4-8(3)7(2)9-5-6-10-8/h7,9H,4-6H2,1-3H3. The van der Waals surface area contributed by atoms with Gasteiger partial charge in [0, 0.05) is 12.6 Å². The van der Waals surface area contributed by atoms with Crippen LogP contribution in [0, 0.1) is 0 Å². The molecule has 60 valence electrons. The zero-order valence-electron chi connectivity index (χ0n) is 7.11. The highest BCUT2D eigenvalue weighted by atomic mass is 16.5. The lowest BCUT2D eigenvalue weighted by Gasteiger charge is -2.39. The Morgan fingerprint density at radius 1 is 1.70 bits per heavy atom. The number of hydrogen-bond donors (Lipinski definition) is 1. The van der Waals surface area contributed by atoms with Crippen molar-refractivity contribution in [1.29, 1.82) is 0 Å². The molecule has 0 spiro atoms. The van der Waals surface area contributed by atoms with Gasteiger partial charge in [-0.05, 0) is 20.3 Å². The van der Waals surface area contributed by atoms with Gasteiger partial charge in [-0.3, -0.25) is 0 Å². The van der Waals surface area contributed by atoms with Gasteiger partial charge in [-0.1, -0.05) is 6.92 Å². The summed E-state index contributed by atoms with van der Waals surface area (Å²) in [5.74, 6) is 0. The van der Waals surface area contributed by atoms with Crippen molar-refractivity contribution >= 4 is 0 Å². The molecule has 10 heavy (non-hydrogen) atoms. The van der Waals surface area contributed by atoms with Crippen molar-refractivity contribution in [2.75, 3.05) is 13.2 Å². The maximum Gasteiger partial charge on any atom is 0.0802 e. The molecule has 1 aliphatic rings. The van der Waals surface area contributed by atoms with Crippen LogP contribution in [0.4, 0.5) is 0 Å². The first kappa shape index (κ1) is 8.02. The molecule has 0 bridgehead atoms. The van der Waals surface area contributed by atoms with Crippen LogP contribution in [0.1, 0.15) is 27.2 Å². The van der Waals surface area contributed by atoms with Crippen LogP contribution in [0.15, 0.2) is 0 Å². The highest BCUT2D eigenvalue weighted by Gasteiger charge is 2.32. The molecule has 0 radical (unpaired) electrons. The summed E-state index contributed by atoms with van der Waals surface area (Å²) in [5.41, 5.74) is 0.0677. The third kappa shape index (κ3) is 1.32. The van der Waals surface area contributed by atoms with Crippen LogP contribution in [0.25, 0.3) is 0 Å². The molecule has 0 amide bonds. The highest BCUT2D eigenvalue weighted by molar-refractivity contribution is 4.88. The molecule has 1 aliphatic heterocycles. The van der Waals surface area contributed by atoms with E-state index in [1.807, 2.05) is 0 Å². The van der Waals surface area contributed by atoms with E-state index in [1.54, 1.807) is 0 Å². The van der Waals surface area contributed by atoms with Gasteiger partial charge in [0.1, 0.15) is 0 Å². The van der Waals surface area contributed by atoms with E-state index in [1.165, 1.54) is 0 Å². The Labute approximate surface area is 63.0 Å². The van der Waals surface area contributed by atoms with Gasteiger partial charge in [0.15, 0.2) is 0 Å². The van der Waals surface area contributed by atoms with E-state index in [0.717, 1.165) is 19.6 Å². The summed E-state index contributed by atoms with van der Waals surface area (Å²) in [4.78, 5) is 0. The molecule has 1 heterocycles. The zero-order chi connectivity index (χ0) is 7.61. The average molecular weight is 143 g/mol. The number of morpholine rings is 1. The van der Waals surface area contributed by atoms with Crippen molar-refractivity contribution in [3.63, 3.8) is 0 Å². The Kier molecular flexibility index (Phi) is 2.32. The maximum absolute atomic E-state index is 5.66. The number of nitrogens with one attached hydrogen (secondary N) is 1. The molecule has 0 aromatic carbocycles. The topological polar surface area (TPSA) is 21.3 Å². The first-order chi connectivity index (χ1) is 4.69. The second kappa shape index (κ2) is 2.89. The molecule has 1 N–H and O–H groups in total. The predicted molar refractivity (Wildman–Crippen MR) is 42.1 cm³/mol. The summed E-state index contributed by atoms with van der Waals surface area (Å²) < 4.78 is 5.66. The lowest BCUT2D eigenvalue weighted by atomic mass is 9.93. The SMILES string of the molecule is CCC1(C)OCCNC1C. The van der Waals surface area contributed by atoms with Crippen molar-refractivity contribution in [3.8, 4) is 0 Å². The molecular weight excluding hydrogens is 126 g/mol.